The number of hydrogen-bond acceptors (Lipinski definition) is 3. The van der Waals surface area contributed by atoms with Crippen LogP contribution in [0, 0.1) is 11.6 Å². The normalized spacial score (nSPS) is 11.7. The number of ether oxygens (including phenoxy) is 1. The molecule has 0 fully saturated rings. The second-order valence-electron chi connectivity index (χ2n) is 4.97. The van der Waals surface area contributed by atoms with Gasteiger partial charge in [0, 0.05) is 12.7 Å². The van der Waals surface area contributed by atoms with E-state index in [-0.39, 0.29) is 5.69 Å². The Morgan fingerprint density at radius 1 is 1.04 bits per heavy atom. The number of nitrogens with one attached hydrogen (secondary N) is 2. The minimum absolute atomic E-state index is 0.245. The van der Waals surface area contributed by atoms with E-state index in [1.54, 1.807) is 30.3 Å². The maximum atomic E-state index is 14.4. The van der Waals surface area contributed by atoms with Gasteiger partial charge in [-0.2, -0.15) is 0 Å². The Bertz CT molecular complexity index is 751. The lowest BCUT2D eigenvalue weighted by atomic mass is 10.2. The van der Waals surface area contributed by atoms with Gasteiger partial charge < -0.3 is 15.4 Å². The van der Waals surface area contributed by atoms with E-state index in [9.17, 15) is 18.4 Å². The molecule has 2 rings (SSSR count). The molecule has 7 heteroatoms. The Labute approximate surface area is 137 Å². The van der Waals surface area contributed by atoms with Gasteiger partial charge in [0.05, 0.1) is 5.69 Å². The lowest BCUT2D eigenvalue weighted by Gasteiger charge is -2.14. The molecule has 2 N–H and O–H groups in total. The van der Waals surface area contributed by atoms with E-state index < -0.39 is 35.2 Å². The number of rotatable bonds is 5. The van der Waals surface area contributed by atoms with Gasteiger partial charge in [-0.05, 0) is 31.2 Å². The van der Waals surface area contributed by atoms with E-state index in [2.05, 4.69) is 10.6 Å². The van der Waals surface area contributed by atoms with Gasteiger partial charge in [0.1, 0.15) is 17.6 Å². The zero-order valence-electron chi connectivity index (χ0n) is 13.1. The molecule has 0 aliphatic rings. The SMILES string of the molecule is COC(C)C(=O)Nc1c(F)ccc(NC(=O)c2ccccc2)c1F. The van der Waals surface area contributed by atoms with E-state index in [0.717, 1.165) is 12.1 Å². The van der Waals surface area contributed by atoms with Crippen LogP contribution in [0.2, 0.25) is 0 Å². The van der Waals surface area contributed by atoms with Crippen molar-refractivity contribution in [2.75, 3.05) is 17.7 Å². The second kappa shape index (κ2) is 7.65. The summed E-state index contributed by atoms with van der Waals surface area (Å²) in [5.41, 5.74) is -0.569. The van der Waals surface area contributed by atoms with Crippen LogP contribution in [0.25, 0.3) is 0 Å². The molecule has 0 bridgehead atoms. The highest BCUT2D eigenvalue weighted by atomic mass is 19.1. The van der Waals surface area contributed by atoms with Crippen molar-refractivity contribution in [1.82, 2.24) is 0 Å². The van der Waals surface area contributed by atoms with E-state index in [4.69, 9.17) is 4.74 Å². The third-order valence-corrected chi connectivity index (χ3v) is 3.35. The van der Waals surface area contributed by atoms with Gasteiger partial charge in [0.15, 0.2) is 5.82 Å². The van der Waals surface area contributed by atoms with E-state index >= 15 is 0 Å². The molecule has 2 aromatic carbocycles. The van der Waals surface area contributed by atoms with Crippen LogP contribution >= 0.6 is 0 Å². The average Bonchev–Trinajstić information content (AvgIpc) is 2.60. The molecule has 0 radical (unpaired) electrons. The fraction of sp³-hybridized carbons (Fsp3) is 0.176. The lowest BCUT2D eigenvalue weighted by Crippen LogP contribution is -2.27. The summed E-state index contributed by atoms with van der Waals surface area (Å²) in [5.74, 6) is -3.29. The van der Waals surface area contributed by atoms with Gasteiger partial charge in [-0.3, -0.25) is 9.59 Å². The number of carbonyl (C=O) groups is 2. The molecule has 2 aromatic rings. The summed E-state index contributed by atoms with van der Waals surface area (Å²) in [6.07, 6.45) is -0.883. The molecule has 24 heavy (non-hydrogen) atoms. The van der Waals surface area contributed by atoms with E-state index in [1.807, 2.05) is 0 Å². The second-order valence-corrected chi connectivity index (χ2v) is 4.97. The fourth-order valence-corrected chi connectivity index (χ4v) is 1.88. The first-order chi connectivity index (χ1) is 11.4. The van der Waals surface area contributed by atoms with Crippen molar-refractivity contribution >= 4 is 23.2 Å². The number of benzene rings is 2. The molecule has 0 aliphatic carbocycles. The largest absolute Gasteiger partial charge is 0.372 e. The molecule has 1 atom stereocenters. The van der Waals surface area contributed by atoms with Crippen molar-refractivity contribution in [2.45, 2.75) is 13.0 Å². The molecule has 1 unspecified atom stereocenters. The molecule has 0 aliphatic heterocycles. The number of methoxy groups -OCH3 is 1. The molecule has 0 saturated carbocycles. The summed E-state index contributed by atoms with van der Waals surface area (Å²) in [5, 5.41) is 4.46. The maximum Gasteiger partial charge on any atom is 0.255 e. The lowest BCUT2D eigenvalue weighted by molar-refractivity contribution is -0.124. The predicted molar refractivity (Wildman–Crippen MR) is 85.9 cm³/mol. The van der Waals surface area contributed by atoms with Gasteiger partial charge in [-0.25, -0.2) is 8.78 Å². The minimum atomic E-state index is -1.07. The number of halogens is 2. The van der Waals surface area contributed by atoms with Crippen molar-refractivity contribution in [3.8, 4) is 0 Å². The Kier molecular flexibility index (Phi) is 5.59. The zero-order chi connectivity index (χ0) is 17.7. The Morgan fingerprint density at radius 2 is 1.71 bits per heavy atom. The Balaban J connectivity index is 2.25. The van der Waals surface area contributed by atoms with E-state index in [0.29, 0.717) is 5.56 Å². The smallest absolute Gasteiger partial charge is 0.255 e. The quantitative estimate of drug-likeness (QED) is 0.882. The standard InChI is InChI=1S/C17H16F2N2O3/c1-10(24-2)16(22)21-15-12(18)8-9-13(14(15)19)20-17(23)11-6-4-3-5-7-11/h3-10H,1-2H3,(H,20,23)(H,21,22). The topological polar surface area (TPSA) is 67.4 Å². The summed E-state index contributed by atoms with van der Waals surface area (Å²) in [6, 6.07) is 10.2. The molecular formula is C17H16F2N2O3. The summed E-state index contributed by atoms with van der Waals surface area (Å²) in [7, 11) is 1.30. The van der Waals surface area contributed by atoms with Crippen LogP contribution in [0.3, 0.4) is 0 Å². The van der Waals surface area contributed by atoms with E-state index in [1.165, 1.54) is 14.0 Å². The molecule has 2 amide bonds. The molecule has 0 aromatic heterocycles. The summed E-state index contributed by atoms with van der Waals surface area (Å²) in [4.78, 5) is 23.8. The molecule has 0 saturated heterocycles. The van der Waals surface area contributed by atoms with Gasteiger partial charge in [-0.15, -0.1) is 0 Å². The van der Waals surface area contributed by atoms with Crippen molar-refractivity contribution < 1.29 is 23.1 Å². The number of carbonyl (C=O) groups excluding carboxylic acids is 2. The Hall–Kier alpha value is -2.80. The van der Waals surface area contributed by atoms with Crippen LogP contribution < -0.4 is 10.6 Å². The summed E-state index contributed by atoms with van der Waals surface area (Å²) < 4.78 is 33.0. The highest BCUT2D eigenvalue weighted by molar-refractivity contribution is 6.05. The van der Waals surface area contributed by atoms with Crippen LogP contribution in [0.15, 0.2) is 42.5 Å². The van der Waals surface area contributed by atoms with Crippen LogP contribution in [0.1, 0.15) is 17.3 Å². The third-order valence-electron chi connectivity index (χ3n) is 3.35. The van der Waals surface area contributed by atoms with Crippen molar-refractivity contribution in [3.05, 3.63) is 59.7 Å². The molecule has 5 nitrogen and oxygen atoms in total. The first-order valence-electron chi connectivity index (χ1n) is 7.12. The van der Waals surface area contributed by atoms with Gasteiger partial charge in [0.2, 0.25) is 0 Å². The minimum Gasteiger partial charge on any atom is -0.372 e. The van der Waals surface area contributed by atoms with Crippen LogP contribution in [0.5, 0.6) is 0 Å². The highest BCUT2D eigenvalue weighted by Gasteiger charge is 2.20. The van der Waals surface area contributed by atoms with Crippen LogP contribution in [-0.4, -0.2) is 25.0 Å². The number of amides is 2. The van der Waals surface area contributed by atoms with Crippen LogP contribution in [-0.2, 0) is 9.53 Å². The first kappa shape index (κ1) is 17.6. The number of anilines is 2. The molecular weight excluding hydrogens is 318 g/mol. The van der Waals surface area contributed by atoms with Gasteiger partial charge >= 0.3 is 0 Å². The monoisotopic (exact) mass is 334 g/mol. The van der Waals surface area contributed by atoms with Crippen molar-refractivity contribution in [3.63, 3.8) is 0 Å². The van der Waals surface area contributed by atoms with Crippen molar-refractivity contribution in [2.24, 2.45) is 0 Å². The van der Waals surface area contributed by atoms with Crippen LogP contribution in [0.4, 0.5) is 20.2 Å². The molecule has 0 heterocycles. The molecule has 126 valence electrons. The summed E-state index contributed by atoms with van der Waals surface area (Å²) >= 11 is 0. The third kappa shape index (κ3) is 3.94. The highest BCUT2D eigenvalue weighted by Crippen LogP contribution is 2.26. The Morgan fingerprint density at radius 3 is 2.33 bits per heavy atom. The summed E-state index contributed by atoms with van der Waals surface area (Å²) in [6.45, 7) is 1.44. The predicted octanol–water partition coefficient (Wildman–Crippen LogP) is 3.19. The molecule has 0 spiro atoms. The van der Waals surface area contributed by atoms with Gasteiger partial charge in [-0.1, -0.05) is 18.2 Å². The maximum absolute atomic E-state index is 14.4. The van der Waals surface area contributed by atoms with Crippen molar-refractivity contribution in [1.29, 1.82) is 0 Å². The zero-order valence-corrected chi connectivity index (χ0v) is 13.1. The average molecular weight is 334 g/mol. The van der Waals surface area contributed by atoms with Gasteiger partial charge in [0.25, 0.3) is 11.8 Å². The first-order valence-corrected chi connectivity index (χ1v) is 7.12. The number of hydrogen-bond donors (Lipinski definition) is 2. The fourth-order valence-electron chi connectivity index (χ4n) is 1.88.